The molecule has 2 aromatic carbocycles. The van der Waals surface area contributed by atoms with E-state index in [0.29, 0.717) is 11.5 Å². The Balaban J connectivity index is 1.66. The van der Waals surface area contributed by atoms with Gasteiger partial charge >= 0.3 is 6.36 Å². The normalized spacial score (nSPS) is 11.0. The van der Waals surface area contributed by atoms with Gasteiger partial charge in [0.25, 0.3) is 5.91 Å². The number of hydrogen-bond acceptors (Lipinski definition) is 4. The van der Waals surface area contributed by atoms with E-state index in [4.69, 9.17) is 0 Å². The maximum Gasteiger partial charge on any atom is 0.573 e. The standard InChI is InChI=1S/C18H12F3N3O2/c19-18(20,21)26-15-8-6-13(7-9-15)17(25)24-14-10-22-16(23-11-14)12-4-2-1-3-5-12/h1-11H,(H,24,25). The van der Waals surface area contributed by atoms with E-state index in [1.807, 2.05) is 30.3 Å². The van der Waals surface area contributed by atoms with E-state index in [1.54, 1.807) is 0 Å². The molecule has 132 valence electrons. The summed E-state index contributed by atoms with van der Waals surface area (Å²) in [6.45, 7) is 0. The first-order valence-electron chi connectivity index (χ1n) is 7.45. The number of halogens is 3. The third-order valence-electron chi connectivity index (χ3n) is 3.29. The van der Waals surface area contributed by atoms with Crippen molar-refractivity contribution in [2.45, 2.75) is 6.36 Å². The van der Waals surface area contributed by atoms with Gasteiger partial charge in [0.1, 0.15) is 5.75 Å². The smallest absolute Gasteiger partial charge is 0.406 e. The molecule has 0 radical (unpaired) electrons. The average molecular weight is 359 g/mol. The van der Waals surface area contributed by atoms with E-state index < -0.39 is 18.0 Å². The number of aromatic nitrogens is 2. The van der Waals surface area contributed by atoms with E-state index in [9.17, 15) is 18.0 Å². The van der Waals surface area contributed by atoms with Gasteiger partial charge in [-0.1, -0.05) is 30.3 Å². The summed E-state index contributed by atoms with van der Waals surface area (Å²) < 4.78 is 40.1. The predicted octanol–water partition coefficient (Wildman–Crippen LogP) is 4.29. The van der Waals surface area contributed by atoms with E-state index in [1.165, 1.54) is 24.5 Å². The van der Waals surface area contributed by atoms with E-state index in [0.717, 1.165) is 17.7 Å². The summed E-state index contributed by atoms with van der Waals surface area (Å²) in [4.78, 5) is 20.5. The molecule has 0 aliphatic heterocycles. The van der Waals surface area contributed by atoms with Crippen LogP contribution in [0.4, 0.5) is 18.9 Å². The number of benzene rings is 2. The number of ether oxygens (including phenoxy) is 1. The van der Waals surface area contributed by atoms with Crippen LogP contribution in [0.3, 0.4) is 0 Å². The van der Waals surface area contributed by atoms with Crippen molar-refractivity contribution < 1.29 is 22.7 Å². The Morgan fingerprint density at radius 3 is 2.12 bits per heavy atom. The fourth-order valence-electron chi connectivity index (χ4n) is 2.14. The van der Waals surface area contributed by atoms with E-state index in [2.05, 4.69) is 20.0 Å². The van der Waals surface area contributed by atoms with Crippen molar-refractivity contribution in [3.05, 3.63) is 72.6 Å². The van der Waals surface area contributed by atoms with Crippen LogP contribution >= 0.6 is 0 Å². The number of hydrogen-bond donors (Lipinski definition) is 1. The van der Waals surface area contributed by atoms with Crippen molar-refractivity contribution in [2.75, 3.05) is 5.32 Å². The topological polar surface area (TPSA) is 64.1 Å². The van der Waals surface area contributed by atoms with Crippen LogP contribution in [0.2, 0.25) is 0 Å². The lowest BCUT2D eigenvalue weighted by atomic mass is 10.2. The number of amides is 1. The molecule has 1 N–H and O–H groups in total. The first-order chi connectivity index (χ1) is 12.4. The molecule has 0 aliphatic rings. The molecule has 3 rings (SSSR count). The summed E-state index contributed by atoms with van der Waals surface area (Å²) in [6, 6.07) is 13.9. The van der Waals surface area contributed by atoms with Crippen molar-refractivity contribution in [3.63, 3.8) is 0 Å². The van der Waals surface area contributed by atoms with E-state index >= 15 is 0 Å². The highest BCUT2D eigenvalue weighted by molar-refractivity contribution is 6.04. The molecule has 8 heteroatoms. The van der Waals surface area contributed by atoms with Gasteiger partial charge < -0.3 is 10.1 Å². The molecule has 0 fully saturated rings. The average Bonchev–Trinajstić information content (AvgIpc) is 2.62. The molecule has 1 aromatic heterocycles. The SMILES string of the molecule is O=C(Nc1cnc(-c2ccccc2)nc1)c1ccc(OC(F)(F)F)cc1. The van der Waals surface area contributed by atoms with Gasteiger partial charge in [-0.15, -0.1) is 13.2 Å². The largest absolute Gasteiger partial charge is 0.573 e. The summed E-state index contributed by atoms with van der Waals surface area (Å²) in [6.07, 6.45) is -1.87. The number of alkyl halides is 3. The Morgan fingerprint density at radius 1 is 0.923 bits per heavy atom. The zero-order valence-electron chi connectivity index (χ0n) is 13.2. The molecular formula is C18H12F3N3O2. The number of anilines is 1. The maximum absolute atomic E-state index is 12.1. The third-order valence-corrected chi connectivity index (χ3v) is 3.29. The van der Waals surface area contributed by atoms with Gasteiger partial charge in [0.15, 0.2) is 5.82 Å². The van der Waals surface area contributed by atoms with Crippen molar-refractivity contribution in [2.24, 2.45) is 0 Å². The van der Waals surface area contributed by atoms with E-state index in [-0.39, 0.29) is 5.56 Å². The molecule has 1 heterocycles. The lowest BCUT2D eigenvalue weighted by Crippen LogP contribution is -2.17. The second-order valence-corrected chi connectivity index (χ2v) is 5.19. The number of carbonyl (C=O) groups is 1. The molecule has 5 nitrogen and oxygen atoms in total. The Labute approximate surface area is 146 Å². The molecule has 0 saturated carbocycles. The minimum Gasteiger partial charge on any atom is -0.406 e. The maximum atomic E-state index is 12.1. The number of nitrogens with zero attached hydrogens (tertiary/aromatic N) is 2. The van der Waals surface area contributed by atoms with Crippen LogP contribution in [0.1, 0.15) is 10.4 Å². The summed E-state index contributed by atoms with van der Waals surface area (Å²) in [5.41, 5.74) is 1.38. The molecule has 0 bridgehead atoms. The van der Waals surface area contributed by atoms with Crippen LogP contribution in [-0.2, 0) is 0 Å². The molecule has 26 heavy (non-hydrogen) atoms. The first kappa shape index (κ1) is 17.4. The highest BCUT2D eigenvalue weighted by Gasteiger charge is 2.31. The lowest BCUT2D eigenvalue weighted by Gasteiger charge is -2.09. The second kappa shape index (κ2) is 7.22. The quantitative estimate of drug-likeness (QED) is 0.755. The van der Waals surface area contributed by atoms with Gasteiger partial charge in [-0.3, -0.25) is 4.79 Å². The second-order valence-electron chi connectivity index (χ2n) is 5.19. The molecule has 0 unspecified atom stereocenters. The molecular weight excluding hydrogens is 347 g/mol. The highest BCUT2D eigenvalue weighted by atomic mass is 19.4. The summed E-state index contributed by atoms with van der Waals surface area (Å²) in [5, 5.41) is 2.58. The van der Waals surface area contributed by atoms with Gasteiger partial charge in [-0.2, -0.15) is 0 Å². The summed E-state index contributed by atoms with van der Waals surface area (Å²) in [5.74, 6) is -0.388. The van der Waals surface area contributed by atoms with Crippen LogP contribution < -0.4 is 10.1 Å². The minimum absolute atomic E-state index is 0.173. The fraction of sp³-hybridized carbons (Fsp3) is 0.0556. The lowest BCUT2D eigenvalue weighted by molar-refractivity contribution is -0.274. The van der Waals surface area contributed by atoms with Crippen LogP contribution in [0.25, 0.3) is 11.4 Å². The first-order valence-corrected chi connectivity index (χ1v) is 7.45. The molecule has 0 atom stereocenters. The Kier molecular flexibility index (Phi) is 4.83. The zero-order chi connectivity index (χ0) is 18.6. The van der Waals surface area contributed by atoms with Crippen molar-refractivity contribution in [1.29, 1.82) is 0 Å². The highest BCUT2D eigenvalue weighted by Crippen LogP contribution is 2.23. The molecule has 1 amide bonds. The number of carbonyl (C=O) groups excluding carboxylic acids is 1. The van der Waals surface area contributed by atoms with Gasteiger partial charge in [-0.25, -0.2) is 9.97 Å². The van der Waals surface area contributed by atoms with Gasteiger partial charge in [-0.05, 0) is 24.3 Å². The fourth-order valence-corrected chi connectivity index (χ4v) is 2.14. The van der Waals surface area contributed by atoms with Crippen molar-refractivity contribution in [1.82, 2.24) is 9.97 Å². The molecule has 3 aromatic rings. The predicted molar refractivity (Wildman–Crippen MR) is 88.5 cm³/mol. The number of nitrogens with one attached hydrogen (secondary N) is 1. The van der Waals surface area contributed by atoms with Gasteiger partial charge in [0, 0.05) is 11.1 Å². The van der Waals surface area contributed by atoms with Crippen LogP contribution in [0, 0.1) is 0 Å². The third kappa shape index (κ3) is 4.56. The Hall–Kier alpha value is -3.42. The molecule has 0 aliphatic carbocycles. The zero-order valence-corrected chi connectivity index (χ0v) is 13.2. The van der Waals surface area contributed by atoms with Crippen LogP contribution in [-0.4, -0.2) is 22.2 Å². The number of rotatable bonds is 4. The van der Waals surface area contributed by atoms with Crippen molar-refractivity contribution >= 4 is 11.6 Å². The van der Waals surface area contributed by atoms with Gasteiger partial charge in [0.2, 0.25) is 0 Å². The monoisotopic (exact) mass is 359 g/mol. The summed E-state index contributed by atoms with van der Waals surface area (Å²) in [7, 11) is 0. The Morgan fingerprint density at radius 2 is 1.54 bits per heavy atom. The van der Waals surface area contributed by atoms with Crippen molar-refractivity contribution in [3.8, 4) is 17.1 Å². The molecule has 0 spiro atoms. The summed E-state index contributed by atoms with van der Waals surface area (Å²) >= 11 is 0. The Bertz CT molecular complexity index is 880. The molecule has 0 saturated heterocycles. The van der Waals surface area contributed by atoms with Crippen LogP contribution in [0.5, 0.6) is 5.75 Å². The minimum atomic E-state index is -4.78. The van der Waals surface area contributed by atoms with Gasteiger partial charge in [0.05, 0.1) is 18.1 Å². The van der Waals surface area contributed by atoms with Crippen LogP contribution in [0.15, 0.2) is 67.0 Å².